The summed E-state index contributed by atoms with van der Waals surface area (Å²) in [6.45, 7) is 11.2. The molecule has 1 unspecified atom stereocenters. The number of likely N-dealkylation sites (tertiary alicyclic amines) is 1. The Morgan fingerprint density at radius 3 is 2.67 bits per heavy atom. The standard InChI is InChI=1S/C31H41N7O2/c1-31(2,3)21-36-14-10-23(11-15-36)24-7-8-26-25(18-24)29(35-38(26)28-6-4-5-17-40-28)30-32-13-9-27(34-30)37-20-22(12-16-39)19-33-37/h7-9,13,18-20,23,28,39H,4-6,10-12,14-17,21H2,1-3H3. The summed E-state index contributed by atoms with van der Waals surface area (Å²) in [5.74, 6) is 1.78. The summed E-state index contributed by atoms with van der Waals surface area (Å²) in [7, 11) is 0. The highest BCUT2D eigenvalue weighted by molar-refractivity contribution is 5.92. The van der Waals surface area contributed by atoms with Crippen molar-refractivity contribution in [3.63, 3.8) is 0 Å². The first kappa shape index (κ1) is 27.1. The van der Waals surface area contributed by atoms with Gasteiger partial charge in [0.25, 0.3) is 0 Å². The Labute approximate surface area is 236 Å². The first-order valence-corrected chi connectivity index (χ1v) is 14.7. The van der Waals surface area contributed by atoms with Crippen molar-refractivity contribution >= 4 is 10.9 Å². The molecule has 0 saturated carbocycles. The summed E-state index contributed by atoms with van der Waals surface area (Å²) in [4.78, 5) is 12.2. The minimum atomic E-state index is -0.0770. The van der Waals surface area contributed by atoms with E-state index in [1.807, 2.05) is 16.9 Å². The number of aromatic nitrogens is 6. The van der Waals surface area contributed by atoms with Gasteiger partial charge in [0, 0.05) is 43.6 Å². The Bertz CT molecular complexity index is 1440. The number of benzene rings is 1. The fraction of sp³-hybridized carbons (Fsp3) is 0.548. The molecule has 40 heavy (non-hydrogen) atoms. The van der Waals surface area contributed by atoms with Gasteiger partial charge in [-0.3, -0.25) is 0 Å². The van der Waals surface area contributed by atoms with E-state index in [0.717, 1.165) is 80.5 Å². The maximum Gasteiger partial charge on any atom is 0.182 e. The van der Waals surface area contributed by atoms with Crippen LogP contribution in [0, 0.1) is 5.41 Å². The van der Waals surface area contributed by atoms with Crippen LogP contribution in [0.4, 0.5) is 0 Å². The average molecular weight is 544 g/mol. The average Bonchev–Trinajstić information content (AvgIpc) is 3.58. The monoisotopic (exact) mass is 543 g/mol. The van der Waals surface area contributed by atoms with E-state index in [1.54, 1.807) is 17.1 Å². The molecule has 6 rings (SSSR count). The molecular formula is C31H41N7O2. The van der Waals surface area contributed by atoms with Crippen LogP contribution in [0.3, 0.4) is 0 Å². The van der Waals surface area contributed by atoms with Gasteiger partial charge in [0.15, 0.2) is 17.9 Å². The van der Waals surface area contributed by atoms with Crippen molar-refractivity contribution in [2.24, 2.45) is 5.41 Å². The lowest BCUT2D eigenvalue weighted by Gasteiger charge is -2.36. The molecule has 1 atom stereocenters. The van der Waals surface area contributed by atoms with Crippen molar-refractivity contribution in [2.45, 2.75) is 71.4 Å². The number of piperidine rings is 1. The molecular weight excluding hydrogens is 502 g/mol. The molecule has 0 bridgehead atoms. The van der Waals surface area contributed by atoms with Crippen LogP contribution >= 0.6 is 0 Å². The Morgan fingerprint density at radius 1 is 1.07 bits per heavy atom. The minimum Gasteiger partial charge on any atom is -0.396 e. The van der Waals surface area contributed by atoms with Gasteiger partial charge < -0.3 is 14.7 Å². The predicted molar refractivity (Wildman–Crippen MR) is 155 cm³/mol. The fourth-order valence-corrected chi connectivity index (χ4v) is 6.14. The zero-order valence-electron chi connectivity index (χ0n) is 24.0. The van der Waals surface area contributed by atoms with Crippen molar-refractivity contribution in [3.05, 3.63) is 54.0 Å². The van der Waals surface area contributed by atoms with Crippen LogP contribution in [0.2, 0.25) is 0 Å². The lowest BCUT2D eigenvalue weighted by atomic mass is 9.87. The molecule has 0 aliphatic carbocycles. The summed E-state index contributed by atoms with van der Waals surface area (Å²) in [5, 5.41) is 19.9. The first-order chi connectivity index (χ1) is 19.4. The molecule has 1 N–H and O–H groups in total. The second kappa shape index (κ2) is 11.4. The summed E-state index contributed by atoms with van der Waals surface area (Å²) in [6.07, 6.45) is 11.4. The van der Waals surface area contributed by atoms with Crippen molar-refractivity contribution in [2.75, 3.05) is 32.8 Å². The zero-order valence-corrected chi connectivity index (χ0v) is 24.0. The molecule has 9 heteroatoms. The van der Waals surface area contributed by atoms with E-state index in [-0.39, 0.29) is 12.8 Å². The molecule has 212 valence electrons. The highest BCUT2D eigenvalue weighted by Gasteiger charge is 2.27. The normalized spacial score (nSPS) is 19.4. The third-order valence-corrected chi connectivity index (χ3v) is 8.04. The Balaban J connectivity index is 1.35. The van der Waals surface area contributed by atoms with Crippen molar-refractivity contribution in [1.82, 2.24) is 34.4 Å². The number of aliphatic hydroxyl groups excluding tert-OH is 1. The van der Waals surface area contributed by atoms with Crippen LogP contribution in [0.25, 0.3) is 28.2 Å². The second-order valence-corrected chi connectivity index (χ2v) is 12.5. The smallest absolute Gasteiger partial charge is 0.182 e. The van der Waals surface area contributed by atoms with Crippen LogP contribution in [0.5, 0.6) is 0 Å². The van der Waals surface area contributed by atoms with Crippen LogP contribution in [0.1, 0.15) is 76.1 Å². The number of hydrogen-bond acceptors (Lipinski definition) is 7. The van der Waals surface area contributed by atoms with Gasteiger partial charge in [-0.2, -0.15) is 10.2 Å². The summed E-state index contributed by atoms with van der Waals surface area (Å²) in [5.41, 5.74) is 4.49. The molecule has 2 fully saturated rings. The van der Waals surface area contributed by atoms with E-state index in [4.69, 9.17) is 14.8 Å². The number of hydrogen-bond donors (Lipinski definition) is 1. The summed E-state index contributed by atoms with van der Waals surface area (Å²) < 4.78 is 9.93. The minimum absolute atomic E-state index is 0.0770. The van der Waals surface area contributed by atoms with Gasteiger partial charge >= 0.3 is 0 Å². The quantitative estimate of drug-likeness (QED) is 0.345. The van der Waals surface area contributed by atoms with E-state index in [9.17, 15) is 5.11 Å². The molecule has 1 aromatic carbocycles. The Hall–Kier alpha value is -3.14. The molecule has 9 nitrogen and oxygen atoms in total. The number of aliphatic hydroxyl groups is 1. The highest BCUT2D eigenvalue weighted by atomic mass is 16.5. The Kier molecular flexibility index (Phi) is 7.70. The van der Waals surface area contributed by atoms with Gasteiger partial charge in [-0.05, 0) is 86.2 Å². The molecule has 3 aromatic heterocycles. The number of ether oxygens (including phenoxy) is 1. The fourth-order valence-electron chi connectivity index (χ4n) is 6.14. The van der Waals surface area contributed by atoms with Crippen molar-refractivity contribution in [1.29, 1.82) is 0 Å². The number of nitrogens with zero attached hydrogens (tertiary/aromatic N) is 7. The molecule has 2 aliphatic heterocycles. The van der Waals surface area contributed by atoms with E-state index in [2.05, 4.69) is 54.0 Å². The van der Waals surface area contributed by atoms with Gasteiger partial charge in [-0.25, -0.2) is 19.3 Å². The number of rotatable bonds is 7. The maximum atomic E-state index is 9.29. The summed E-state index contributed by atoms with van der Waals surface area (Å²) >= 11 is 0. The highest BCUT2D eigenvalue weighted by Crippen LogP contribution is 2.36. The molecule has 4 aromatic rings. The van der Waals surface area contributed by atoms with Crippen LogP contribution < -0.4 is 0 Å². The summed E-state index contributed by atoms with van der Waals surface area (Å²) in [6, 6.07) is 8.68. The van der Waals surface area contributed by atoms with Crippen molar-refractivity contribution < 1.29 is 9.84 Å². The van der Waals surface area contributed by atoms with E-state index >= 15 is 0 Å². The SMILES string of the molecule is CC(C)(C)CN1CCC(c2ccc3c(c2)c(-c2nccc(-n4cc(CCO)cn4)n2)nn3C2CCCCO2)CC1. The van der Waals surface area contributed by atoms with Crippen molar-refractivity contribution in [3.8, 4) is 17.3 Å². The zero-order chi connectivity index (χ0) is 27.7. The molecule has 0 radical (unpaired) electrons. The van der Waals surface area contributed by atoms with Gasteiger partial charge in [-0.15, -0.1) is 0 Å². The molecule has 5 heterocycles. The third kappa shape index (κ3) is 5.82. The molecule has 0 spiro atoms. The van der Waals surface area contributed by atoms with Crippen LogP contribution in [-0.2, 0) is 11.2 Å². The largest absolute Gasteiger partial charge is 0.396 e. The second-order valence-electron chi connectivity index (χ2n) is 12.5. The molecule has 2 saturated heterocycles. The van der Waals surface area contributed by atoms with Gasteiger partial charge in [0.05, 0.1) is 11.7 Å². The van der Waals surface area contributed by atoms with E-state index in [0.29, 0.717) is 29.4 Å². The van der Waals surface area contributed by atoms with Gasteiger partial charge in [0.1, 0.15) is 5.69 Å². The molecule has 0 amide bonds. The van der Waals surface area contributed by atoms with Crippen LogP contribution in [0.15, 0.2) is 42.9 Å². The van der Waals surface area contributed by atoms with Gasteiger partial charge in [-0.1, -0.05) is 26.8 Å². The number of fused-ring (bicyclic) bond motifs is 1. The molecule has 2 aliphatic rings. The van der Waals surface area contributed by atoms with Gasteiger partial charge in [0.2, 0.25) is 0 Å². The Morgan fingerprint density at radius 2 is 1.93 bits per heavy atom. The lowest BCUT2D eigenvalue weighted by molar-refractivity contribution is -0.0365. The lowest BCUT2D eigenvalue weighted by Crippen LogP contribution is -2.38. The van der Waals surface area contributed by atoms with E-state index in [1.165, 1.54) is 5.56 Å². The topological polar surface area (TPSA) is 94.1 Å². The maximum absolute atomic E-state index is 9.29. The predicted octanol–water partition coefficient (Wildman–Crippen LogP) is 5.14. The van der Waals surface area contributed by atoms with Crippen LogP contribution in [-0.4, -0.2) is 72.4 Å². The third-order valence-electron chi connectivity index (χ3n) is 8.04. The first-order valence-electron chi connectivity index (χ1n) is 14.7. The van der Waals surface area contributed by atoms with E-state index < -0.39 is 0 Å².